The van der Waals surface area contributed by atoms with Gasteiger partial charge in [-0.25, -0.2) is 0 Å². The van der Waals surface area contributed by atoms with Crippen molar-refractivity contribution in [2.75, 3.05) is 5.32 Å². The number of aryl methyl sites for hydroxylation is 1. The molecule has 2 aromatic rings. The van der Waals surface area contributed by atoms with Crippen LogP contribution >= 0.6 is 0 Å². The van der Waals surface area contributed by atoms with Crippen LogP contribution in [0.15, 0.2) is 42.5 Å². The lowest BCUT2D eigenvalue weighted by Crippen LogP contribution is -2.10. The number of hydrogen-bond acceptors (Lipinski definition) is 3. The second-order valence-electron chi connectivity index (χ2n) is 4.99. The Hall–Kier alpha value is -2.03. The number of hydrogen-bond donors (Lipinski definition) is 1. The van der Waals surface area contributed by atoms with Gasteiger partial charge >= 0.3 is 0 Å². The smallest absolute Gasteiger partial charge is 0.121 e. The van der Waals surface area contributed by atoms with E-state index in [-0.39, 0.29) is 6.10 Å². The zero-order valence-electron chi connectivity index (χ0n) is 12.4. The van der Waals surface area contributed by atoms with Crippen molar-refractivity contribution < 1.29 is 4.74 Å². The number of aromatic nitrogens is 1. The van der Waals surface area contributed by atoms with Gasteiger partial charge in [-0.3, -0.25) is 4.98 Å². The summed E-state index contributed by atoms with van der Waals surface area (Å²) in [5, 5.41) is 3.38. The minimum absolute atomic E-state index is 0.240. The molecule has 3 nitrogen and oxygen atoms in total. The highest BCUT2D eigenvalue weighted by Gasteiger charge is 2.02. The third kappa shape index (κ3) is 4.26. The molecule has 0 saturated heterocycles. The molecule has 1 unspecified atom stereocenters. The van der Waals surface area contributed by atoms with Gasteiger partial charge in [0, 0.05) is 17.4 Å². The zero-order valence-corrected chi connectivity index (χ0v) is 12.4. The Labute approximate surface area is 121 Å². The first-order chi connectivity index (χ1) is 9.67. The number of nitrogens with zero attached hydrogens (tertiary/aromatic N) is 1. The van der Waals surface area contributed by atoms with Crippen molar-refractivity contribution in [3.05, 3.63) is 53.9 Å². The molecular formula is C17H22N2O. The molecular weight excluding hydrogens is 248 g/mol. The maximum atomic E-state index is 5.82. The topological polar surface area (TPSA) is 34.1 Å². The highest BCUT2D eigenvalue weighted by Crippen LogP contribution is 2.19. The van der Waals surface area contributed by atoms with Gasteiger partial charge in [0.2, 0.25) is 0 Å². The number of benzene rings is 1. The molecule has 1 aromatic carbocycles. The largest absolute Gasteiger partial charge is 0.491 e. The molecule has 106 valence electrons. The molecule has 0 radical (unpaired) electrons. The number of rotatable bonds is 6. The Morgan fingerprint density at radius 1 is 1.20 bits per heavy atom. The van der Waals surface area contributed by atoms with Gasteiger partial charge in [0.1, 0.15) is 5.75 Å². The summed E-state index contributed by atoms with van der Waals surface area (Å²) >= 11 is 0. The third-order valence-electron chi connectivity index (χ3n) is 3.17. The van der Waals surface area contributed by atoms with Gasteiger partial charge in [-0.05, 0) is 44.5 Å². The van der Waals surface area contributed by atoms with Crippen molar-refractivity contribution in [1.82, 2.24) is 4.98 Å². The normalized spacial score (nSPS) is 11.9. The van der Waals surface area contributed by atoms with Crippen LogP contribution in [-0.2, 0) is 6.54 Å². The zero-order chi connectivity index (χ0) is 14.4. The molecule has 0 saturated carbocycles. The molecule has 20 heavy (non-hydrogen) atoms. The fraction of sp³-hybridized carbons (Fsp3) is 0.353. The van der Waals surface area contributed by atoms with E-state index in [2.05, 4.69) is 24.1 Å². The quantitative estimate of drug-likeness (QED) is 0.855. The van der Waals surface area contributed by atoms with E-state index in [1.807, 2.05) is 49.4 Å². The summed E-state index contributed by atoms with van der Waals surface area (Å²) in [6.45, 7) is 6.92. The summed E-state index contributed by atoms with van der Waals surface area (Å²) in [5.41, 5.74) is 3.13. The number of ether oxygens (including phenoxy) is 1. The molecule has 0 aliphatic carbocycles. The van der Waals surface area contributed by atoms with Crippen molar-refractivity contribution in [2.45, 2.75) is 39.8 Å². The first-order valence-electron chi connectivity index (χ1n) is 7.10. The third-order valence-corrected chi connectivity index (χ3v) is 3.17. The van der Waals surface area contributed by atoms with Crippen LogP contribution in [-0.4, -0.2) is 11.1 Å². The van der Waals surface area contributed by atoms with Crippen LogP contribution in [0.25, 0.3) is 0 Å². The predicted octanol–water partition coefficient (Wildman–Crippen LogP) is 4.18. The van der Waals surface area contributed by atoms with Crippen LogP contribution in [0.4, 0.5) is 5.69 Å². The Balaban J connectivity index is 1.97. The molecule has 0 fully saturated rings. The highest BCUT2D eigenvalue weighted by atomic mass is 16.5. The van der Waals surface area contributed by atoms with E-state index in [1.165, 1.54) is 0 Å². The van der Waals surface area contributed by atoms with Crippen LogP contribution in [0.2, 0.25) is 0 Å². The average Bonchev–Trinajstić information content (AvgIpc) is 2.45. The lowest BCUT2D eigenvalue weighted by atomic mass is 10.2. The van der Waals surface area contributed by atoms with Gasteiger partial charge in [0.25, 0.3) is 0 Å². The first-order valence-corrected chi connectivity index (χ1v) is 7.10. The lowest BCUT2D eigenvalue weighted by Gasteiger charge is -2.14. The molecule has 3 heteroatoms. The van der Waals surface area contributed by atoms with E-state index in [4.69, 9.17) is 4.74 Å². The second kappa shape index (κ2) is 6.94. The van der Waals surface area contributed by atoms with E-state index in [9.17, 15) is 0 Å². The van der Waals surface area contributed by atoms with Gasteiger partial charge in [-0.15, -0.1) is 0 Å². The van der Waals surface area contributed by atoms with Crippen LogP contribution in [0, 0.1) is 6.92 Å². The van der Waals surface area contributed by atoms with E-state index in [0.29, 0.717) is 6.54 Å². The van der Waals surface area contributed by atoms with Crippen LogP contribution < -0.4 is 10.1 Å². The number of nitrogens with one attached hydrogen (secondary N) is 1. The fourth-order valence-electron chi connectivity index (χ4n) is 1.89. The van der Waals surface area contributed by atoms with Crippen LogP contribution in [0.1, 0.15) is 31.7 Å². The molecule has 0 aliphatic heterocycles. The predicted molar refractivity (Wildman–Crippen MR) is 83.1 cm³/mol. The lowest BCUT2D eigenvalue weighted by molar-refractivity contribution is 0.217. The maximum absolute atomic E-state index is 5.82. The summed E-state index contributed by atoms with van der Waals surface area (Å²) in [6, 6.07) is 14.1. The van der Waals surface area contributed by atoms with Gasteiger partial charge in [0.05, 0.1) is 18.3 Å². The molecule has 1 atom stereocenters. The molecule has 0 aliphatic rings. The second-order valence-corrected chi connectivity index (χ2v) is 4.99. The molecule has 1 N–H and O–H groups in total. The van der Waals surface area contributed by atoms with Crippen molar-refractivity contribution in [2.24, 2.45) is 0 Å². The minimum atomic E-state index is 0.240. The highest BCUT2D eigenvalue weighted by molar-refractivity contribution is 5.48. The molecule has 1 heterocycles. The van der Waals surface area contributed by atoms with E-state index in [1.54, 1.807) is 0 Å². The Kier molecular flexibility index (Phi) is 4.99. The summed E-state index contributed by atoms with van der Waals surface area (Å²) in [6.07, 6.45) is 1.24. The summed E-state index contributed by atoms with van der Waals surface area (Å²) < 4.78 is 5.82. The van der Waals surface area contributed by atoms with Gasteiger partial charge in [-0.1, -0.05) is 19.1 Å². The molecule has 0 amide bonds. The SMILES string of the molecule is CCC(C)Oc1cccc(NCc2cccc(C)n2)c1. The van der Waals surface area contributed by atoms with Crippen LogP contribution in [0.3, 0.4) is 0 Å². The summed E-state index contributed by atoms with van der Waals surface area (Å²) in [4.78, 5) is 4.48. The molecule has 0 spiro atoms. The Morgan fingerprint density at radius 2 is 2.00 bits per heavy atom. The van der Waals surface area contributed by atoms with E-state index >= 15 is 0 Å². The monoisotopic (exact) mass is 270 g/mol. The van der Waals surface area contributed by atoms with Gasteiger partial charge in [-0.2, -0.15) is 0 Å². The molecule has 1 aromatic heterocycles. The van der Waals surface area contributed by atoms with Crippen molar-refractivity contribution in [1.29, 1.82) is 0 Å². The summed E-state index contributed by atoms with van der Waals surface area (Å²) in [5.74, 6) is 0.904. The van der Waals surface area contributed by atoms with Gasteiger partial charge in [0.15, 0.2) is 0 Å². The first kappa shape index (κ1) is 14.4. The number of pyridine rings is 1. The van der Waals surface area contributed by atoms with Crippen molar-refractivity contribution >= 4 is 5.69 Å². The van der Waals surface area contributed by atoms with Crippen LogP contribution in [0.5, 0.6) is 5.75 Å². The van der Waals surface area contributed by atoms with E-state index < -0.39 is 0 Å². The summed E-state index contributed by atoms with van der Waals surface area (Å²) in [7, 11) is 0. The van der Waals surface area contributed by atoms with Gasteiger partial charge < -0.3 is 10.1 Å². The molecule has 0 bridgehead atoms. The van der Waals surface area contributed by atoms with Crippen molar-refractivity contribution in [3.8, 4) is 5.75 Å². The average molecular weight is 270 g/mol. The fourth-order valence-corrected chi connectivity index (χ4v) is 1.89. The Bertz CT molecular complexity index is 554. The Morgan fingerprint density at radius 3 is 2.75 bits per heavy atom. The standard InChI is InChI=1S/C17H22N2O/c1-4-14(3)20-17-10-6-8-15(11-17)18-12-16-9-5-7-13(2)19-16/h5-11,14,18H,4,12H2,1-3H3. The molecule has 2 rings (SSSR count). The number of anilines is 1. The van der Waals surface area contributed by atoms with Crippen molar-refractivity contribution in [3.63, 3.8) is 0 Å². The van der Waals surface area contributed by atoms with E-state index in [0.717, 1.165) is 29.2 Å². The maximum Gasteiger partial charge on any atom is 0.121 e. The minimum Gasteiger partial charge on any atom is -0.491 e.